The van der Waals surface area contributed by atoms with E-state index < -0.39 is 17.8 Å². The smallest absolute Gasteiger partial charge is 0.335 e. The van der Waals surface area contributed by atoms with Crippen molar-refractivity contribution in [2.75, 3.05) is 29.5 Å². The van der Waals surface area contributed by atoms with Crippen LogP contribution in [-0.2, 0) is 16.2 Å². The van der Waals surface area contributed by atoms with E-state index in [0.717, 1.165) is 47.5 Å². The Morgan fingerprint density at radius 3 is 2.04 bits per heavy atom. The lowest BCUT2D eigenvalue weighted by Gasteiger charge is -2.44. The molecule has 8 rings (SSSR count). The summed E-state index contributed by atoms with van der Waals surface area (Å²) in [5, 5.41) is 3.05. The molecule has 0 aromatic heterocycles. The number of carbonyl (C=O) groups is 3. The van der Waals surface area contributed by atoms with Gasteiger partial charge in [-0.2, -0.15) is 0 Å². The summed E-state index contributed by atoms with van der Waals surface area (Å²) >= 11 is 6.15. The third-order valence-electron chi connectivity index (χ3n) is 10.2. The highest BCUT2D eigenvalue weighted by Crippen LogP contribution is 2.50. The standard InChI is InChI=1S/C44H38ClN3O5/c1-2-52-40-24-28(16-17-39(40)53-27-29-10-9-15-32(45)22-29)23-38-42(49)46-44(51)48(43(38)50)33-25-36-34(30-11-5-3-6-12-30)18-20-47-21-19-35(37(26-33)41(36)47)31-13-7-4-8-14-31/h3-17,22-26,34-35H,2,18-21,27H2,1H3,(H,46,49,51)/b38-23+/t34-,35+. The molecular weight excluding hydrogens is 686 g/mol. The van der Waals surface area contributed by atoms with Gasteiger partial charge in [-0.05, 0) is 95.6 Å². The summed E-state index contributed by atoms with van der Waals surface area (Å²) in [6, 6.07) is 36.5. The fourth-order valence-corrected chi connectivity index (χ4v) is 8.03. The zero-order valence-corrected chi connectivity index (χ0v) is 30.0. The van der Waals surface area contributed by atoms with Crippen LogP contribution in [0.2, 0.25) is 5.02 Å². The molecule has 3 aliphatic heterocycles. The first kappa shape index (κ1) is 34.2. The van der Waals surface area contributed by atoms with Crippen LogP contribution in [0, 0.1) is 0 Å². The number of carbonyl (C=O) groups excluding carboxylic acids is 3. The van der Waals surface area contributed by atoms with E-state index in [4.69, 9.17) is 21.1 Å². The lowest BCUT2D eigenvalue weighted by molar-refractivity contribution is -0.122. The monoisotopic (exact) mass is 723 g/mol. The van der Waals surface area contributed by atoms with Crippen molar-refractivity contribution in [2.45, 2.75) is 38.2 Å². The average molecular weight is 724 g/mol. The first-order chi connectivity index (χ1) is 25.9. The number of rotatable bonds is 9. The second-order valence-electron chi connectivity index (χ2n) is 13.5. The van der Waals surface area contributed by atoms with E-state index in [0.29, 0.717) is 34.4 Å². The Balaban J connectivity index is 1.17. The molecule has 1 saturated heterocycles. The molecule has 4 amide bonds. The molecule has 8 nitrogen and oxygen atoms in total. The molecule has 266 valence electrons. The molecule has 0 unspecified atom stereocenters. The molecule has 5 aromatic carbocycles. The fraction of sp³-hybridized carbons (Fsp3) is 0.205. The molecule has 5 aromatic rings. The normalized spacial score (nSPS) is 18.8. The minimum atomic E-state index is -0.778. The van der Waals surface area contributed by atoms with Gasteiger partial charge in [-0.15, -0.1) is 0 Å². The summed E-state index contributed by atoms with van der Waals surface area (Å²) < 4.78 is 12.0. The molecule has 0 saturated carbocycles. The average Bonchev–Trinajstić information content (AvgIpc) is 3.17. The Morgan fingerprint density at radius 2 is 1.42 bits per heavy atom. The maximum absolute atomic E-state index is 14.4. The minimum absolute atomic E-state index is 0.0758. The maximum Gasteiger partial charge on any atom is 0.335 e. The summed E-state index contributed by atoms with van der Waals surface area (Å²) in [4.78, 5) is 44.9. The number of urea groups is 1. The highest BCUT2D eigenvalue weighted by molar-refractivity contribution is 6.39. The van der Waals surface area contributed by atoms with Crippen molar-refractivity contribution in [2.24, 2.45) is 0 Å². The number of nitrogens with one attached hydrogen (secondary N) is 1. The van der Waals surface area contributed by atoms with Crippen LogP contribution in [0.1, 0.15) is 65.0 Å². The number of imide groups is 2. The molecule has 2 atom stereocenters. The zero-order valence-electron chi connectivity index (χ0n) is 29.3. The Bertz CT molecular complexity index is 2170. The van der Waals surface area contributed by atoms with Gasteiger partial charge >= 0.3 is 6.03 Å². The molecule has 3 heterocycles. The highest BCUT2D eigenvalue weighted by atomic mass is 35.5. The highest BCUT2D eigenvalue weighted by Gasteiger charge is 2.40. The summed E-state index contributed by atoms with van der Waals surface area (Å²) in [6.07, 6.45) is 3.30. The van der Waals surface area contributed by atoms with Crippen LogP contribution < -0.4 is 24.6 Å². The molecule has 53 heavy (non-hydrogen) atoms. The lowest BCUT2D eigenvalue weighted by atomic mass is 9.76. The van der Waals surface area contributed by atoms with Gasteiger partial charge in [0.1, 0.15) is 12.2 Å². The van der Waals surface area contributed by atoms with Crippen LogP contribution in [0.3, 0.4) is 0 Å². The third-order valence-corrected chi connectivity index (χ3v) is 10.5. The van der Waals surface area contributed by atoms with Gasteiger partial charge < -0.3 is 14.4 Å². The largest absolute Gasteiger partial charge is 0.490 e. The summed E-state index contributed by atoms with van der Waals surface area (Å²) in [7, 11) is 0. The molecular formula is C44H38ClN3O5. The van der Waals surface area contributed by atoms with Crippen molar-refractivity contribution in [1.82, 2.24) is 5.32 Å². The zero-order chi connectivity index (χ0) is 36.5. The Kier molecular flexibility index (Phi) is 9.46. The number of benzene rings is 5. The van der Waals surface area contributed by atoms with E-state index in [1.54, 1.807) is 24.3 Å². The van der Waals surface area contributed by atoms with E-state index in [2.05, 4.69) is 34.5 Å². The van der Waals surface area contributed by atoms with Gasteiger partial charge in [0.15, 0.2) is 11.5 Å². The van der Waals surface area contributed by atoms with Crippen LogP contribution in [0.5, 0.6) is 11.5 Å². The summed E-state index contributed by atoms with van der Waals surface area (Å²) in [5.41, 5.74) is 7.41. The van der Waals surface area contributed by atoms with E-state index in [1.165, 1.54) is 22.9 Å². The second kappa shape index (κ2) is 14.6. The van der Waals surface area contributed by atoms with Crippen LogP contribution in [0.15, 0.2) is 121 Å². The Hall–Kier alpha value is -5.86. The lowest BCUT2D eigenvalue weighted by Crippen LogP contribution is -2.54. The molecule has 1 fully saturated rings. The first-order valence-corrected chi connectivity index (χ1v) is 18.3. The van der Waals surface area contributed by atoms with Gasteiger partial charge in [-0.1, -0.05) is 90.5 Å². The van der Waals surface area contributed by atoms with Gasteiger partial charge in [-0.3, -0.25) is 14.9 Å². The first-order valence-electron chi connectivity index (χ1n) is 18.0. The second-order valence-corrected chi connectivity index (χ2v) is 13.9. The Labute approximate surface area is 313 Å². The number of nitrogens with zero attached hydrogens (tertiary/aromatic N) is 2. The van der Waals surface area contributed by atoms with Crippen LogP contribution in [-0.4, -0.2) is 37.5 Å². The number of halogens is 1. The quantitative estimate of drug-likeness (QED) is 0.121. The van der Waals surface area contributed by atoms with E-state index in [9.17, 15) is 14.4 Å². The van der Waals surface area contributed by atoms with E-state index in [-0.39, 0.29) is 24.0 Å². The van der Waals surface area contributed by atoms with Gasteiger partial charge in [-0.25, -0.2) is 9.69 Å². The van der Waals surface area contributed by atoms with Crippen molar-refractivity contribution < 1.29 is 23.9 Å². The van der Waals surface area contributed by atoms with Crippen molar-refractivity contribution >= 4 is 46.9 Å². The van der Waals surface area contributed by atoms with Gasteiger partial charge in [0.05, 0.1) is 12.3 Å². The van der Waals surface area contributed by atoms with Crippen molar-refractivity contribution in [3.63, 3.8) is 0 Å². The predicted octanol–water partition coefficient (Wildman–Crippen LogP) is 8.86. The Morgan fingerprint density at radius 1 is 0.755 bits per heavy atom. The summed E-state index contributed by atoms with van der Waals surface area (Å²) in [6.45, 7) is 4.35. The van der Waals surface area contributed by atoms with Crippen molar-refractivity contribution in [3.8, 4) is 11.5 Å². The van der Waals surface area contributed by atoms with Gasteiger partial charge in [0, 0.05) is 35.6 Å². The van der Waals surface area contributed by atoms with Crippen LogP contribution in [0.4, 0.5) is 16.2 Å². The minimum Gasteiger partial charge on any atom is -0.490 e. The molecule has 0 aliphatic carbocycles. The van der Waals surface area contributed by atoms with Gasteiger partial charge in [0.25, 0.3) is 11.8 Å². The van der Waals surface area contributed by atoms with Gasteiger partial charge in [0.2, 0.25) is 0 Å². The van der Waals surface area contributed by atoms with Crippen molar-refractivity contribution in [3.05, 3.63) is 159 Å². The predicted molar refractivity (Wildman–Crippen MR) is 207 cm³/mol. The van der Waals surface area contributed by atoms with Crippen LogP contribution in [0.25, 0.3) is 6.08 Å². The van der Waals surface area contributed by atoms with E-state index in [1.807, 2.05) is 73.7 Å². The number of ether oxygens (including phenoxy) is 2. The molecule has 0 bridgehead atoms. The third kappa shape index (κ3) is 6.78. The topological polar surface area (TPSA) is 88.2 Å². The molecule has 3 aliphatic rings. The fourth-order valence-electron chi connectivity index (χ4n) is 7.82. The number of anilines is 2. The number of barbiturate groups is 1. The number of hydrogen-bond acceptors (Lipinski definition) is 6. The maximum atomic E-state index is 14.4. The van der Waals surface area contributed by atoms with E-state index >= 15 is 0 Å². The number of hydrogen-bond donors (Lipinski definition) is 1. The number of amides is 4. The molecule has 1 N–H and O–H groups in total. The molecule has 9 heteroatoms. The van der Waals surface area contributed by atoms with Crippen molar-refractivity contribution in [1.29, 1.82) is 0 Å². The molecule has 0 radical (unpaired) electrons. The molecule has 0 spiro atoms. The SMILES string of the molecule is CCOc1cc(/C=C2\C(=O)NC(=O)N(c3cc4c5c(c3)[C@H](c3ccccc3)CCN5CC[C@@H]4c3ccccc3)C2=O)ccc1OCc1cccc(Cl)c1. The van der Waals surface area contributed by atoms with Crippen LogP contribution >= 0.6 is 11.6 Å². The summed E-state index contributed by atoms with van der Waals surface area (Å²) in [5.74, 6) is -0.342.